The molecule has 0 N–H and O–H groups in total. The van der Waals surface area contributed by atoms with Crippen LogP contribution in [0.2, 0.25) is 0 Å². The van der Waals surface area contributed by atoms with Crippen molar-refractivity contribution in [3.05, 3.63) is 65.7 Å². The third-order valence-electron chi connectivity index (χ3n) is 4.37. The van der Waals surface area contributed by atoms with Gasteiger partial charge in [0.25, 0.3) is 0 Å². The van der Waals surface area contributed by atoms with Crippen molar-refractivity contribution >= 4 is 0 Å². The SMILES string of the molecule is c1ccc([C@@H]2C[C@@]3(CCCO3)Oc3ccccc32)cc1. The predicted octanol–water partition coefficient (Wildman–Crippen LogP) is 4.11. The Morgan fingerprint density at radius 3 is 2.55 bits per heavy atom. The molecule has 2 nitrogen and oxygen atoms in total. The Morgan fingerprint density at radius 1 is 0.950 bits per heavy atom. The summed E-state index contributed by atoms with van der Waals surface area (Å²) in [5.74, 6) is 0.934. The number of hydrogen-bond acceptors (Lipinski definition) is 2. The van der Waals surface area contributed by atoms with E-state index >= 15 is 0 Å². The molecule has 1 spiro atoms. The molecule has 2 aliphatic rings. The highest BCUT2D eigenvalue weighted by molar-refractivity contribution is 5.44. The van der Waals surface area contributed by atoms with E-state index in [1.54, 1.807) is 0 Å². The van der Waals surface area contributed by atoms with Gasteiger partial charge in [-0.3, -0.25) is 0 Å². The van der Waals surface area contributed by atoms with Crippen LogP contribution in [0, 0.1) is 0 Å². The molecule has 1 saturated heterocycles. The lowest BCUT2D eigenvalue weighted by molar-refractivity contribution is -0.163. The van der Waals surface area contributed by atoms with Gasteiger partial charge in [0.05, 0.1) is 6.61 Å². The Morgan fingerprint density at radius 2 is 1.75 bits per heavy atom. The summed E-state index contributed by atoms with van der Waals surface area (Å²) in [4.78, 5) is 0. The maximum atomic E-state index is 6.21. The smallest absolute Gasteiger partial charge is 0.211 e. The molecule has 20 heavy (non-hydrogen) atoms. The summed E-state index contributed by atoms with van der Waals surface area (Å²) in [5.41, 5.74) is 2.62. The molecule has 0 aromatic heterocycles. The first kappa shape index (κ1) is 12.0. The lowest BCUT2D eigenvalue weighted by Gasteiger charge is -2.39. The zero-order chi connectivity index (χ0) is 13.4. The maximum Gasteiger partial charge on any atom is 0.211 e. The van der Waals surface area contributed by atoms with E-state index in [4.69, 9.17) is 9.47 Å². The fourth-order valence-electron chi connectivity index (χ4n) is 3.42. The van der Waals surface area contributed by atoms with Gasteiger partial charge in [-0.2, -0.15) is 0 Å². The molecule has 0 amide bonds. The van der Waals surface area contributed by atoms with Crippen molar-refractivity contribution in [2.75, 3.05) is 6.61 Å². The van der Waals surface area contributed by atoms with E-state index < -0.39 is 5.79 Å². The van der Waals surface area contributed by atoms with Crippen LogP contribution in [0.4, 0.5) is 0 Å². The Labute approximate surface area is 119 Å². The van der Waals surface area contributed by atoms with E-state index in [0.717, 1.165) is 31.6 Å². The van der Waals surface area contributed by atoms with E-state index in [2.05, 4.69) is 48.5 Å². The number of fused-ring (bicyclic) bond motifs is 1. The Bertz CT molecular complexity index is 600. The second-order valence-electron chi connectivity index (χ2n) is 5.67. The van der Waals surface area contributed by atoms with Crippen LogP contribution < -0.4 is 4.74 Å². The topological polar surface area (TPSA) is 18.5 Å². The van der Waals surface area contributed by atoms with Gasteiger partial charge in [-0.1, -0.05) is 48.5 Å². The van der Waals surface area contributed by atoms with Gasteiger partial charge in [0.15, 0.2) is 0 Å². The molecule has 2 aromatic carbocycles. The summed E-state index contributed by atoms with van der Waals surface area (Å²) in [6.07, 6.45) is 2.99. The second-order valence-corrected chi connectivity index (χ2v) is 5.67. The van der Waals surface area contributed by atoms with Gasteiger partial charge in [0.1, 0.15) is 5.75 Å². The van der Waals surface area contributed by atoms with Crippen molar-refractivity contribution in [3.63, 3.8) is 0 Å². The molecule has 0 unspecified atom stereocenters. The average Bonchev–Trinajstić information content (AvgIpc) is 2.95. The van der Waals surface area contributed by atoms with E-state index in [1.807, 2.05) is 6.07 Å². The molecular weight excluding hydrogens is 248 g/mol. The fourth-order valence-corrected chi connectivity index (χ4v) is 3.42. The number of benzene rings is 2. The monoisotopic (exact) mass is 266 g/mol. The van der Waals surface area contributed by atoms with Gasteiger partial charge in [-0.05, 0) is 18.1 Å². The van der Waals surface area contributed by atoms with Crippen LogP contribution in [0.1, 0.15) is 36.3 Å². The highest BCUT2D eigenvalue weighted by Gasteiger charge is 2.44. The van der Waals surface area contributed by atoms with E-state index in [9.17, 15) is 0 Å². The van der Waals surface area contributed by atoms with Gasteiger partial charge < -0.3 is 9.47 Å². The molecule has 4 rings (SSSR count). The first-order chi connectivity index (χ1) is 9.86. The van der Waals surface area contributed by atoms with Crippen molar-refractivity contribution in [2.45, 2.75) is 31.0 Å². The highest BCUT2D eigenvalue weighted by Crippen LogP contribution is 2.47. The summed E-state index contributed by atoms with van der Waals surface area (Å²) in [6.45, 7) is 0.809. The van der Waals surface area contributed by atoms with Crippen LogP contribution in [0.5, 0.6) is 5.75 Å². The molecule has 2 aromatic rings. The molecule has 2 heterocycles. The summed E-state index contributed by atoms with van der Waals surface area (Å²) in [5, 5.41) is 0. The molecule has 102 valence electrons. The quantitative estimate of drug-likeness (QED) is 0.773. The normalized spacial score (nSPS) is 28.1. The largest absolute Gasteiger partial charge is 0.462 e. The first-order valence-corrected chi connectivity index (χ1v) is 7.33. The van der Waals surface area contributed by atoms with Crippen LogP contribution in [-0.2, 0) is 4.74 Å². The zero-order valence-electron chi connectivity index (χ0n) is 11.4. The van der Waals surface area contributed by atoms with Crippen molar-refractivity contribution in [1.29, 1.82) is 0 Å². The van der Waals surface area contributed by atoms with Crippen LogP contribution in [0.15, 0.2) is 54.6 Å². The second kappa shape index (κ2) is 4.64. The van der Waals surface area contributed by atoms with Gasteiger partial charge in [0, 0.05) is 24.3 Å². The summed E-state index contributed by atoms with van der Waals surface area (Å²) >= 11 is 0. The van der Waals surface area contributed by atoms with Crippen LogP contribution >= 0.6 is 0 Å². The molecule has 1 fully saturated rings. The fraction of sp³-hybridized carbons (Fsp3) is 0.333. The van der Waals surface area contributed by atoms with E-state index in [0.29, 0.717) is 5.92 Å². The highest BCUT2D eigenvalue weighted by atomic mass is 16.7. The Hall–Kier alpha value is -1.80. The van der Waals surface area contributed by atoms with Gasteiger partial charge >= 0.3 is 0 Å². The molecular formula is C18H18O2. The third-order valence-corrected chi connectivity index (χ3v) is 4.37. The van der Waals surface area contributed by atoms with Gasteiger partial charge in [-0.25, -0.2) is 0 Å². The summed E-state index contributed by atoms with van der Waals surface area (Å²) < 4.78 is 12.2. The van der Waals surface area contributed by atoms with Crippen LogP contribution in [0.25, 0.3) is 0 Å². The maximum absolute atomic E-state index is 6.21. The minimum Gasteiger partial charge on any atom is -0.462 e. The van der Waals surface area contributed by atoms with Crippen molar-refractivity contribution in [3.8, 4) is 5.75 Å². The lowest BCUT2D eigenvalue weighted by Crippen LogP contribution is -2.40. The molecule has 0 saturated carbocycles. The summed E-state index contributed by atoms with van der Waals surface area (Å²) in [6, 6.07) is 19.1. The minimum atomic E-state index is -0.408. The van der Waals surface area contributed by atoms with E-state index in [1.165, 1.54) is 11.1 Å². The molecule has 0 bridgehead atoms. The van der Waals surface area contributed by atoms with Crippen molar-refractivity contribution in [1.82, 2.24) is 0 Å². The lowest BCUT2D eigenvalue weighted by atomic mass is 9.82. The Balaban J connectivity index is 1.81. The zero-order valence-corrected chi connectivity index (χ0v) is 11.4. The van der Waals surface area contributed by atoms with Crippen molar-refractivity contribution in [2.24, 2.45) is 0 Å². The number of para-hydroxylation sites is 1. The number of ether oxygens (including phenoxy) is 2. The number of rotatable bonds is 1. The molecule has 2 atom stereocenters. The van der Waals surface area contributed by atoms with E-state index in [-0.39, 0.29) is 0 Å². The van der Waals surface area contributed by atoms with Crippen LogP contribution in [0.3, 0.4) is 0 Å². The molecule has 0 radical (unpaired) electrons. The molecule has 0 aliphatic carbocycles. The molecule has 2 heteroatoms. The standard InChI is InChI=1S/C18H18O2/c1-2-7-14(8-3-1)16-13-18(11-6-12-19-18)20-17-10-5-4-9-15(16)17/h1-5,7-10,16H,6,11-13H2/t16-,18+/m0/s1. The average molecular weight is 266 g/mol. The Kier molecular flexibility index (Phi) is 2.78. The predicted molar refractivity (Wildman–Crippen MR) is 77.9 cm³/mol. The van der Waals surface area contributed by atoms with Crippen LogP contribution in [-0.4, -0.2) is 12.4 Å². The number of hydrogen-bond donors (Lipinski definition) is 0. The first-order valence-electron chi connectivity index (χ1n) is 7.33. The van der Waals surface area contributed by atoms with Gasteiger partial charge in [-0.15, -0.1) is 0 Å². The van der Waals surface area contributed by atoms with Crippen molar-refractivity contribution < 1.29 is 9.47 Å². The van der Waals surface area contributed by atoms with Gasteiger partial charge in [0.2, 0.25) is 5.79 Å². The minimum absolute atomic E-state index is 0.360. The third kappa shape index (κ3) is 1.92. The summed E-state index contributed by atoms with van der Waals surface area (Å²) in [7, 11) is 0. The molecule has 2 aliphatic heterocycles.